The van der Waals surface area contributed by atoms with E-state index >= 15 is 0 Å². The molecule has 0 bridgehead atoms. The Morgan fingerprint density at radius 3 is 2.52 bits per heavy atom. The molecule has 0 unspecified atom stereocenters. The fourth-order valence-electron chi connectivity index (χ4n) is 3.42. The van der Waals surface area contributed by atoms with Crippen molar-refractivity contribution in [3.8, 4) is 22.6 Å². The van der Waals surface area contributed by atoms with Crippen LogP contribution in [0.5, 0.6) is 11.5 Å². The Morgan fingerprint density at radius 2 is 1.81 bits per heavy atom. The number of nitrogens with one attached hydrogen (secondary N) is 1. The molecule has 0 fully saturated rings. The van der Waals surface area contributed by atoms with Crippen molar-refractivity contribution >= 4 is 22.9 Å². The van der Waals surface area contributed by atoms with E-state index in [4.69, 9.17) is 9.47 Å². The molecule has 1 heterocycles. The number of rotatable bonds is 5. The second-order valence-electron chi connectivity index (χ2n) is 6.51. The van der Waals surface area contributed by atoms with Gasteiger partial charge in [-0.05, 0) is 66.8 Å². The Morgan fingerprint density at radius 1 is 1.00 bits per heavy atom. The molecule has 0 atom stereocenters. The van der Waals surface area contributed by atoms with Crippen molar-refractivity contribution in [3.63, 3.8) is 0 Å². The van der Waals surface area contributed by atoms with E-state index in [9.17, 15) is 4.79 Å². The summed E-state index contributed by atoms with van der Waals surface area (Å²) in [5.74, 6) is 1.50. The molecule has 0 radical (unpaired) electrons. The van der Waals surface area contributed by atoms with Gasteiger partial charge in [-0.25, -0.2) is 0 Å². The lowest BCUT2D eigenvalue weighted by atomic mass is 10.0. The van der Waals surface area contributed by atoms with Gasteiger partial charge in [-0.15, -0.1) is 11.3 Å². The van der Waals surface area contributed by atoms with Crippen LogP contribution in [-0.2, 0) is 12.8 Å². The van der Waals surface area contributed by atoms with E-state index in [1.807, 2.05) is 48.5 Å². The van der Waals surface area contributed by atoms with Crippen LogP contribution in [0, 0.1) is 0 Å². The zero-order valence-electron chi connectivity index (χ0n) is 15.4. The fraction of sp³-hybridized carbons (Fsp3) is 0.227. The predicted molar refractivity (Wildman–Crippen MR) is 109 cm³/mol. The maximum absolute atomic E-state index is 12.7. The Balaban J connectivity index is 1.60. The summed E-state index contributed by atoms with van der Waals surface area (Å²) in [5.41, 5.74) is 4.00. The summed E-state index contributed by atoms with van der Waals surface area (Å²) in [4.78, 5) is 14.8. The summed E-state index contributed by atoms with van der Waals surface area (Å²) in [7, 11) is 3.29. The Kier molecular flexibility index (Phi) is 4.86. The van der Waals surface area contributed by atoms with Crippen LogP contribution in [0.3, 0.4) is 0 Å². The molecular weight excluding hydrogens is 358 g/mol. The van der Waals surface area contributed by atoms with Gasteiger partial charge in [0.2, 0.25) is 0 Å². The molecule has 1 aliphatic carbocycles. The monoisotopic (exact) mass is 379 g/mol. The van der Waals surface area contributed by atoms with Gasteiger partial charge in [0, 0.05) is 16.1 Å². The first kappa shape index (κ1) is 17.6. The molecule has 1 aromatic heterocycles. The molecule has 4 rings (SSSR count). The van der Waals surface area contributed by atoms with Crippen molar-refractivity contribution in [2.75, 3.05) is 19.5 Å². The predicted octanol–water partition coefficient (Wildman–Crippen LogP) is 5.17. The van der Waals surface area contributed by atoms with E-state index in [1.54, 1.807) is 25.6 Å². The second kappa shape index (κ2) is 7.45. The number of carbonyl (C=O) groups is 1. The van der Waals surface area contributed by atoms with Gasteiger partial charge >= 0.3 is 0 Å². The highest BCUT2D eigenvalue weighted by Crippen LogP contribution is 2.34. The molecular formula is C22H21NO3S. The highest BCUT2D eigenvalue weighted by molar-refractivity contribution is 7.14. The van der Waals surface area contributed by atoms with Gasteiger partial charge in [-0.2, -0.15) is 0 Å². The number of anilines is 1. The van der Waals surface area contributed by atoms with Crippen LogP contribution in [-0.4, -0.2) is 20.1 Å². The minimum Gasteiger partial charge on any atom is -0.497 e. The summed E-state index contributed by atoms with van der Waals surface area (Å²) in [6.07, 6.45) is 3.38. The quantitative estimate of drug-likeness (QED) is 0.665. The zero-order valence-corrected chi connectivity index (χ0v) is 16.2. The van der Waals surface area contributed by atoms with Crippen LogP contribution < -0.4 is 14.8 Å². The number of aryl methyl sites for hydroxylation is 2. The van der Waals surface area contributed by atoms with Crippen molar-refractivity contribution in [3.05, 3.63) is 63.8 Å². The van der Waals surface area contributed by atoms with Crippen LogP contribution in [0.15, 0.2) is 48.5 Å². The first-order valence-corrected chi connectivity index (χ1v) is 9.75. The van der Waals surface area contributed by atoms with E-state index in [0.29, 0.717) is 0 Å². The van der Waals surface area contributed by atoms with Crippen molar-refractivity contribution in [1.29, 1.82) is 0 Å². The number of ether oxygens (including phenoxy) is 2. The third-order valence-electron chi connectivity index (χ3n) is 4.83. The van der Waals surface area contributed by atoms with Crippen LogP contribution in [0.1, 0.15) is 26.5 Å². The van der Waals surface area contributed by atoms with E-state index in [2.05, 4.69) is 5.32 Å². The number of methoxy groups -OCH3 is 2. The minimum atomic E-state index is -0.0553. The largest absolute Gasteiger partial charge is 0.497 e. The fourth-order valence-corrected chi connectivity index (χ4v) is 4.56. The van der Waals surface area contributed by atoms with Gasteiger partial charge in [-0.3, -0.25) is 4.79 Å². The normalized spacial score (nSPS) is 12.5. The van der Waals surface area contributed by atoms with Crippen LogP contribution >= 0.6 is 11.3 Å². The Bertz CT molecular complexity index is 954. The number of benzene rings is 2. The summed E-state index contributed by atoms with van der Waals surface area (Å²) in [6, 6.07) is 15.5. The lowest BCUT2D eigenvalue weighted by molar-refractivity contribution is 0.103. The molecule has 0 saturated heterocycles. The third-order valence-corrected chi connectivity index (χ3v) is 6.06. The summed E-state index contributed by atoms with van der Waals surface area (Å²) >= 11 is 1.61. The number of amides is 1. The molecule has 1 aliphatic rings. The molecule has 0 saturated carbocycles. The highest BCUT2D eigenvalue weighted by Gasteiger charge is 2.19. The molecule has 4 nitrogen and oxygen atoms in total. The third kappa shape index (κ3) is 3.55. The average molecular weight is 379 g/mol. The minimum absolute atomic E-state index is 0.0553. The second-order valence-corrected chi connectivity index (χ2v) is 7.65. The zero-order chi connectivity index (χ0) is 18.8. The number of hydrogen-bond donors (Lipinski definition) is 1. The molecule has 5 heteroatoms. The lowest BCUT2D eigenvalue weighted by Gasteiger charge is -2.12. The van der Waals surface area contributed by atoms with Gasteiger partial charge in [0.25, 0.3) is 5.91 Å². The van der Waals surface area contributed by atoms with Crippen LogP contribution in [0.4, 0.5) is 5.69 Å². The maximum Gasteiger partial charge on any atom is 0.265 e. The van der Waals surface area contributed by atoms with Crippen LogP contribution in [0.25, 0.3) is 11.1 Å². The molecule has 0 spiro atoms. The number of hydrogen-bond acceptors (Lipinski definition) is 4. The van der Waals surface area contributed by atoms with Crippen LogP contribution in [0.2, 0.25) is 0 Å². The molecule has 138 valence electrons. The smallest absolute Gasteiger partial charge is 0.265 e. The van der Waals surface area contributed by atoms with Gasteiger partial charge < -0.3 is 14.8 Å². The standard InChI is InChI=1S/C22H21NO3S/c1-25-17-9-6-14(7-10-17)18-13-16(8-11-19(18)26-2)23-22(24)21-12-15-4-3-5-20(15)27-21/h6-13H,3-5H2,1-2H3,(H,23,24). The number of carbonyl (C=O) groups excluding carboxylic acids is 1. The SMILES string of the molecule is COc1ccc(-c2cc(NC(=O)c3cc4c(s3)CCC4)ccc2OC)cc1. The highest BCUT2D eigenvalue weighted by atomic mass is 32.1. The van der Waals surface area contributed by atoms with E-state index < -0.39 is 0 Å². The van der Waals surface area contributed by atoms with E-state index in [-0.39, 0.29) is 5.91 Å². The van der Waals surface area contributed by atoms with Gasteiger partial charge in [-0.1, -0.05) is 12.1 Å². The van der Waals surface area contributed by atoms with Crippen molar-refractivity contribution in [1.82, 2.24) is 0 Å². The van der Waals surface area contributed by atoms with Crippen molar-refractivity contribution in [2.24, 2.45) is 0 Å². The maximum atomic E-state index is 12.7. The first-order chi connectivity index (χ1) is 13.2. The first-order valence-electron chi connectivity index (χ1n) is 8.93. The van der Waals surface area contributed by atoms with E-state index in [0.717, 1.165) is 46.0 Å². The molecule has 2 aromatic carbocycles. The molecule has 1 N–H and O–H groups in total. The Hall–Kier alpha value is -2.79. The number of thiophene rings is 1. The van der Waals surface area contributed by atoms with Gasteiger partial charge in [0.1, 0.15) is 11.5 Å². The topological polar surface area (TPSA) is 47.6 Å². The van der Waals surface area contributed by atoms with Crippen molar-refractivity contribution < 1.29 is 14.3 Å². The molecule has 1 amide bonds. The molecule has 3 aromatic rings. The van der Waals surface area contributed by atoms with Crippen molar-refractivity contribution in [2.45, 2.75) is 19.3 Å². The number of fused-ring (bicyclic) bond motifs is 1. The van der Waals surface area contributed by atoms with Gasteiger partial charge in [0.15, 0.2) is 0 Å². The summed E-state index contributed by atoms with van der Waals surface area (Å²) in [6.45, 7) is 0. The van der Waals surface area contributed by atoms with E-state index in [1.165, 1.54) is 16.9 Å². The lowest BCUT2D eigenvalue weighted by Crippen LogP contribution is -2.10. The summed E-state index contributed by atoms with van der Waals surface area (Å²) < 4.78 is 10.7. The molecule has 27 heavy (non-hydrogen) atoms. The molecule has 0 aliphatic heterocycles. The Labute approximate surface area is 162 Å². The van der Waals surface area contributed by atoms with Gasteiger partial charge in [0.05, 0.1) is 19.1 Å². The summed E-state index contributed by atoms with van der Waals surface area (Å²) in [5, 5.41) is 3.02. The average Bonchev–Trinajstić information content (AvgIpc) is 3.30.